The third-order valence-corrected chi connectivity index (χ3v) is 14.9. The normalized spacial score (nSPS) is 11.8. The average Bonchev–Trinajstić information content (AvgIpc) is 4.10. The van der Waals surface area contributed by atoms with E-state index in [0.29, 0.717) is 0 Å². The van der Waals surface area contributed by atoms with E-state index in [1.165, 1.54) is 65.4 Å². The van der Waals surface area contributed by atoms with Crippen molar-refractivity contribution in [2.24, 2.45) is 0 Å². The van der Waals surface area contributed by atoms with Gasteiger partial charge in [0.1, 0.15) is 17.5 Å². The maximum atomic E-state index is 6.57. The Labute approximate surface area is 401 Å². The highest BCUT2D eigenvalue weighted by Gasteiger charge is 2.20. The van der Waals surface area contributed by atoms with Crippen molar-refractivity contribution in [2.75, 3.05) is 0 Å². The van der Waals surface area contributed by atoms with Crippen molar-refractivity contribution in [3.8, 4) is 72.6 Å². The summed E-state index contributed by atoms with van der Waals surface area (Å²) >= 11 is 1.75. The molecule has 0 spiro atoms. The van der Waals surface area contributed by atoms with Crippen LogP contribution in [-0.2, 0) is 0 Å². The van der Waals surface area contributed by atoms with Crippen LogP contribution < -0.4 is 0 Å². The number of aromatic nitrogens is 3. The minimum atomic E-state index is 0.834. The molecule has 69 heavy (non-hydrogen) atoms. The summed E-state index contributed by atoms with van der Waals surface area (Å²) in [5.74, 6) is 0. The van der Waals surface area contributed by atoms with Gasteiger partial charge in [-0.3, -0.25) is 0 Å². The molecular weight excluding hydrogens is 859 g/mol. The number of thiophene rings is 1. The fourth-order valence-corrected chi connectivity index (χ4v) is 11.5. The molecule has 4 nitrogen and oxygen atoms in total. The third kappa shape index (κ3) is 6.58. The lowest BCUT2D eigenvalue weighted by atomic mass is 9.96. The van der Waals surface area contributed by atoms with E-state index in [9.17, 15) is 0 Å². The minimum absolute atomic E-state index is 0.834. The van der Waals surface area contributed by atoms with Gasteiger partial charge in [-0.05, 0) is 128 Å². The number of hydrogen-bond acceptors (Lipinski definition) is 4. The summed E-state index contributed by atoms with van der Waals surface area (Å²) in [6.07, 6.45) is 1.71. The van der Waals surface area contributed by atoms with Gasteiger partial charge in [0, 0.05) is 42.9 Å². The molecule has 0 aliphatic heterocycles. The van der Waals surface area contributed by atoms with Gasteiger partial charge in [-0.15, -0.1) is 11.3 Å². The van der Waals surface area contributed by atoms with Crippen LogP contribution in [0.3, 0.4) is 0 Å². The topological polar surface area (TPSA) is 43.9 Å². The first-order valence-electron chi connectivity index (χ1n) is 23.3. The Morgan fingerprint density at radius 2 is 0.899 bits per heavy atom. The number of rotatable bonds is 7. The number of benzene rings is 10. The lowest BCUT2D eigenvalue weighted by Crippen LogP contribution is -1.92. The Balaban J connectivity index is 0.823. The zero-order chi connectivity index (χ0) is 45.4. The van der Waals surface area contributed by atoms with Gasteiger partial charge in [0.05, 0.1) is 26.9 Å². The predicted molar refractivity (Wildman–Crippen MR) is 289 cm³/mol. The second kappa shape index (κ2) is 15.9. The number of para-hydroxylation sites is 2. The van der Waals surface area contributed by atoms with Crippen molar-refractivity contribution in [1.29, 1.82) is 0 Å². The highest BCUT2D eigenvalue weighted by Crippen LogP contribution is 2.44. The number of hydrogen-bond donors (Lipinski definition) is 0. The summed E-state index contributed by atoms with van der Waals surface area (Å²) in [5.41, 5.74) is 19.9. The molecule has 14 aromatic rings. The molecule has 0 bridgehead atoms. The molecule has 0 N–H and O–H groups in total. The van der Waals surface area contributed by atoms with E-state index in [0.717, 1.165) is 71.2 Å². The number of furan rings is 1. The van der Waals surface area contributed by atoms with E-state index in [4.69, 9.17) is 14.4 Å². The predicted octanol–water partition coefficient (Wildman–Crippen LogP) is 17.8. The number of fused-ring (bicyclic) bond motifs is 9. The summed E-state index contributed by atoms with van der Waals surface area (Å²) < 4.78 is 11.2. The van der Waals surface area contributed by atoms with Gasteiger partial charge in [-0.2, -0.15) is 0 Å². The Morgan fingerprint density at radius 1 is 0.362 bits per heavy atom. The van der Waals surface area contributed by atoms with Crippen LogP contribution in [0.25, 0.3) is 137 Å². The van der Waals surface area contributed by atoms with Crippen LogP contribution in [0.15, 0.2) is 241 Å². The zero-order valence-corrected chi connectivity index (χ0v) is 38.0. The van der Waals surface area contributed by atoms with Crippen molar-refractivity contribution in [3.05, 3.63) is 237 Å². The Morgan fingerprint density at radius 3 is 1.65 bits per heavy atom. The summed E-state index contributed by atoms with van der Waals surface area (Å²) in [6.45, 7) is 0. The van der Waals surface area contributed by atoms with Crippen LogP contribution in [0.4, 0.5) is 0 Å². The first kappa shape index (κ1) is 39.3. The van der Waals surface area contributed by atoms with E-state index in [1.807, 2.05) is 0 Å². The summed E-state index contributed by atoms with van der Waals surface area (Å²) in [5, 5.41) is 5.72. The molecule has 14 rings (SSSR count). The summed E-state index contributed by atoms with van der Waals surface area (Å²) in [6, 6.07) is 82.8. The van der Waals surface area contributed by atoms with Crippen LogP contribution >= 0.6 is 11.3 Å². The minimum Gasteiger partial charge on any atom is -0.456 e. The molecular formula is C64H39N3OS. The molecule has 5 heteroatoms. The average molecular weight is 898 g/mol. The van der Waals surface area contributed by atoms with Crippen molar-refractivity contribution in [1.82, 2.24) is 14.5 Å². The second-order valence-electron chi connectivity index (χ2n) is 17.7. The van der Waals surface area contributed by atoms with Crippen LogP contribution in [0, 0.1) is 0 Å². The van der Waals surface area contributed by atoms with E-state index in [2.05, 4.69) is 235 Å². The van der Waals surface area contributed by atoms with E-state index >= 15 is 0 Å². The lowest BCUT2D eigenvalue weighted by Gasteiger charge is -2.09. The first-order chi connectivity index (χ1) is 34.2. The SMILES string of the molecule is c1ccc(-c2ccc(-c3cccc(-c4ccc5sc6c(-c7cccc8oc9ccc(-c%10cccc(-c%11ccc%12c(c%11)c%11ccccc%11n%12-c%11ccccc%11)c%10)cc9c78)ncnc6c5c4)c3)cc2)cc1. The van der Waals surface area contributed by atoms with Crippen LogP contribution in [0.1, 0.15) is 0 Å². The molecule has 4 heterocycles. The van der Waals surface area contributed by atoms with E-state index in [1.54, 1.807) is 17.7 Å². The highest BCUT2D eigenvalue weighted by molar-refractivity contribution is 7.26. The Kier molecular flexibility index (Phi) is 9.04. The third-order valence-electron chi connectivity index (χ3n) is 13.7. The first-order valence-corrected chi connectivity index (χ1v) is 24.1. The molecule has 0 saturated carbocycles. The molecule has 0 radical (unpaired) electrons. The molecule has 4 aromatic heterocycles. The molecule has 0 atom stereocenters. The van der Waals surface area contributed by atoms with Crippen molar-refractivity contribution >= 4 is 75.4 Å². The molecule has 0 aliphatic rings. The molecule has 0 unspecified atom stereocenters. The van der Waals surface area contributed by atoms with Crippen molar-refractivity contribution < 1.29 is 4.42 Å². The molecule has 0 amide bonds. The van der Waals surface area contributed by atoms with Crippen LogP contribution in [0.5, 0.6) is 0 Å². The van der Waals surface area contributed by atoms with Crippen molar-refractivity contribution in [3.63, 3.8) is 0 Å². The lowest BCUT2D eigenvalue weighted by molar-refractivity contribution is 0.669. The fraction of sp³-hybridized carbons (Fsp3) is 0. The summed E-state index contributed by atoms with van der Waals surface area (Å²) in [4.78, 5) is 9.93. The standard InChI is InChI=1S/C64H39N3OS/c1-3-12-40(13-4-1)41-24-26-42(27-25-41)43-14-9-15-44(34-43)49-30-33-60-55(38-49)63-64(69-60)62(65-39-66-63)52-21-11-23-59-61(52)54-37-48(29-32-58(54)68-59)46-17-10-16-45(35-46)47-28-31-57-53(36-47)51-20-7-8-22-56(51)67(57)50-18-5-2-6-19-50/h1-39H. The number of nitrogens with zero attached hydrogens (tertiary/aromatic N) is 3. The van der Waals surface area contributed by atoms with Gasteiger partial charge in [0.15, 0.2) is 0 Å². The Bertz CT molecular complexity index is 4300. The van der Waals surface area contributed by atoms with Gasteiger partial charge in [-0.25, -0.2) is 9.97 Å². The van der Waals surface area contributed by atoms with Gasteiger partial charge in [0.25, 0.3) is 0 Å². The maximum Gasteiger partial charge on any atom is 0.136 e. The van der Waals surface area contributed by atoms with Gasteiger partial charge >= 0.3 is 0 Å². The molecule has 0 aliphatic carbocycles. The van der Waals surface area contributed by atoms with E-state index < -0.39 is 0 Å². The Hall–Kier alpha value is -8.90. The monoisotopic (exact) mass is 897 g/mol. The van der Waals surface area contributed by atoms with Gasteiger partial charge in [0.2, 0.25) is 0 Å². The largest absolute Gasteiger partial charge is 0.456 e. The van der Waals surface area contributed by atoms with Gasteiger partial charge < -0.3 is 8.98 Å². The van der Waals surface area contributed by atoms with Crippen LogP contribution in [-0.4, -0.2) is 14.5 Å². The molecule has 0 fully saturated rings. The second-order valence-corrected chi connectivity index (χ2v) is 18.8. The highest BCUT2D eigenvalue weighted by atomic mass is 32.1. The smallest absolute Gasteiger partial charge is 0.136 e. The molecule has 10 aromatic carbocycles. The van der Waals surface area contributed by atoms with Crippen LogP contribution in [0.2, 0.25) is 0 Å². The summed E-state index contributed by atoms with van der Waals surface area (Å²) in [7, 11) is 0. The van der Waals surface area contributed by atoms with E-state index in [-0.39, 0.29) is 0 Å². The fourth-order valence-electron chi connectivity index (χ4n) is 10.4. The zero-order valence-electron chi connectivity index (χ0n) is 37.2. The molecule has 0 saturated heterocycles. The van der Waals surface area contributed by atoms with Crippen molar-refractivity contribution in [2.45, 2.75) is 0 Å². The van der Waals surface area contributed by atoms with Gasteiger partial charge in [-0.1, -0.05) is 158 Å². The molecule has 322 valence electrons. The quantitative estimate of drug-likeness (QED) is 0.160. The maximum absolute atomic E-state index is 6.57.